The summed E-state index contributed by atoms with van der Waals surface area (Å²) in [7, 11) is 1.90. The maximum Gasteiger partial charge on any atom is 0.143 e. The molecule has 74 valence electrons. The average molecular weight is 190 g/mol. The van der Waals surface area contributed by atoms with E-state index < -0.39 is 0 Å². The minimum absolute atomic E-state index is 0.351. The van der Waals surface area contributed by atoms with Crippen LogP contribution in [0.15, 0.2) is 18.3 Å². The van der Waals surface area contributed by atoms with E-state index in [0.29, 0.717) is 17.4 Å². The van der Waals surface area contributed by atoms with Gasteiger partial charge in [-0.25, -0.2) is 4.98 Å². The molecule has 2 N–H and O–H groups in total. The fourth-order valence-corrected chi connectivity index (χ4v) is 0.988. The quantitative estimate of drug-likeness (QED) is 0.742. The van der Waals surface area contributed by atoms with Crippen LogP contribution in [0.4, 0.5) is 5.82 Å². The zero-order valence-corrected chi connectivity index (χ0v) is 8.41. The first-order valence-corrected chi connectivity index (χ1v) is 4.54. The zero-order valence-electron chi connectivity index (χ0n) is 8.41. The van der Waals surface area contributed by atoms with E-state index in [-0.39, 0.29) is 0 Å². The third-order valence-corrected chi connectivity index (χ3v) is 2.00. The summed E-state index contributed by atoms with van der Waals surface area (Å²) in [6.07, 6.45) is 1.67. The van der Waals surface area contributed by atoms with Crippen LogP contribution in [0.5, 0.6) is 0 Å². The van der Waals surface area contributed by atoms with Gasteiger partial charge in [0.25, 0.3) is 0 Å². The molecule has 1 heterocycles. The summed E-state index contributed by atoms with van der Waals surface area (Å²) in [5, 5.41) is 15.0. The van der Waals surface area contributed by atoms with E-state index >= 15 is 0 Å². The van der Waals surface area contributed by atoms with Gasteiger partial charge in [-0.05, 0) is 26.1 Å². The van der Waals surface area contributed by atoms with Crippen LogP contribution in [-0.2, 0) is 0 Å². The molecule has 0 bridgehead atoms. The highest BCUT2D eigenvalue weighted by molar-refractivity contribution is 5.51. The van der Waals surface area contributed by atoms with Gasteiger partial charge in [0.15, 0.2) is 0 Å². The SMILES string of the molecule is CNC(C)CNc1ncccc1C#N. The van der Waals surface area contributed by atoms with Crippen LogP contribution in [0, 0.1) is 11.3 Å². The number of anilines is 1. The molecule has 0 spiro atoms. The molecule has 1 aromatic heterocycles. The number of aromatic nitrogens is 1. The van der Waals surface area contributed by atoms with Crippen molar-refractivity contribution in [2.45, 2.75) is 13.0 Å². The Morgan fingerprint density at radius 3 is 3.07 bits per heavy atom. The van der Waals surface area contributed by atoms with Gasteiger partial charge in [-0.2, -0.15) is 5.26 Å². The predicted octanol–water partition coefficient (Wildman–Crippen LogP) is 0.973. The monoisotopic (exact) mass is 190 g/mol. The van der Waals surface area contributed by atoms with Crippen LogP contribution in [0.25, 0.3) is 0 Å². The molecular formula is C10H14N4. The largest absolute Gasteiger partial charge is 0.367 e. The summed E-state index contributed by atoms with van der Waals surface area (Å²) in [4.78, 5) is 4.09. The molecule has 4 heteroatoms. The fourth-order valence-electron chi connectivity index (χ4n) is 0.988. The lowest BCUT2D eigenvalue weighted by atomic mass is 10.2. The lowest BCUT2D eigenvalue weighted by Crippen LogP contribution is -2.29. The highest BCUT2D eigenvalue weighted by Crippen LogP contribution is 2.08. The average Bonchev–Trinajstić information content (AvgIpc) is 2.26. The van der Waals surface area contributed by atoms with Gasteiger partial charge in [-0.15, -0.1) is 0 Å². The van der Waals surface area contributed by atoms with Crippen molar-refractivity contribution in [3.8, 4) is 6.07 Å². The molecule has 0 saturated heterocycles. The summed E-state index contributed by atoms with van der Waals surface area (Å²) in [6.45, 7) is 2.81. The van der Waals surface area contributed by atoms with Gasteiger partial charge < -0.3 is 10.6 Å². The first-order chi connectivity index (χ1) is 6.77. The Labute approximate surface area is 84.0 Å². The van der Waals surface area contributed by atoms with Gasteiger partial charge in [-0.1, -0.05) is 0 Å². The second-order valence-electron chi connectivity index (χ2n) is 3.08. The molecule has 1 aromatic rings. The van der Waals surface area contributed by atoms with Crippen molar-refractivity contribution in [2.75, 3.05) is 18.9 Å². The topological polar surface area (TPSA) is 60.7 Å². The van der Waals surface area contributed by atoms with Crippen molar-refractivity contribution in [2.24, 2.45) is 0 Å². The number of pyridine rings is 1. The van der Waals surface area contributed by atoms with Crippen molar-refractivity contribution < 1.29 is 0 Å². The molecule has 1 unspecified atom stereocenters. The smallest absolute Gasteiger partial charge is 0.143 e. The second kappa shape index (κ2) is 5.20. The number of nitrogens with zero attached hydrogens (tertiary/aromatic N) is 2. The van der Waals surface area contributed by atoms with Gasteiger partial charge in [0.1, 0.15) is 11.9 Å². The Balaban J connectivity index is 2.63. The molecule has 0 aliphatic heterocycles. The van der Waals surface area contributed by atoms with E-state index in [1.165, 1.54) is 0 Å². The van der Waals surface area contributed by atoms with E-state index in [2.05, 4.69) is 28.6 Å². The number of nitrogens with one attached hydrogen (secondary N) is 2. The summed E-state index contributed by atoms with van der Waals surface area (Å²) in [5.74, 6) is 0.650. The summed E-state index contributed by atoms with van der Waals surface area (Å²) in [5.41, 5.74) is 0.579. The van der Waals surface area contributed by atoms with Crippen LogP contribution in [0.3, 0.4) is 0 Å². The zero-order chi connectivity index (χ0) is 10.4. The Morgan fingerprint density at radius 2 is 2.43 bits per heavy atom. The van der Waals surface area contributed by atoms with E-state index in [0.717, 1.165) is 6.54 Å². The highest BCUT2D eigenvalue weighted by Gasteiger charge is 2.02. The van der Waals surface area contributed by atoms with Crippen LogP contribution >= 0.6 is 0 Å². The van der Waals surface area contributed by atoms with Crippen LogP contribution in [0.2, 0.25) is 0 Å². The summed E-state index contributed by atoms with van der Waals surface area (Å²) >= 11 is 0. The van der Waals surface area contributed by atoms with Crippen molar-refractivity contribution in [3.63, 3.8) is 0 Å². The maximum atomic E-state index is 8.80. The Hall–Kier alpha value is -1.60. The number of hydrogen-bond donors (Lipinski definition) is 2. The van der Waals surface area contributed by atoms with Gasteiger partial charge in [0.2, 0.25) is 0 Å². The first kappa shape index (κ1) is 10.5. The molecule has 4 nitrogen and oxygen atoms in total. The van der Waals surface area contributed by atoms with Gasteiger partial charge in [0, 0.05) is 18.8 Å². The Bertz CT molecular complexity index is 329. The van der Waals surface area contributed by atoms with E-state index in [9.17, 15) is 0 Å². The molecule has 1 atom stereocenters. The maximum absolute atomic E-state index is 8.80. The number of nitriles is 1. The molecule has 0 fully saturated rings. The lowest BCUT2D eigenvalue weighted by Gasteiger charge is -2.12. The molecule has 0 radical (unpaired) electrons. The van der Waals surface area contributed by atoms with Crippen LogP contribution < -0.4 is 10.6 Å². The van der Waals surface area contributed by atoms with Gasteiger partial charge in [0.05, 0.1) is 5.56 Å². The standard InChI is InChI=1S/C10H14N4/c1-8(12-2)7-14-10-9(6-11)4-3-5-13-10/h3-5,8,12H,7H2,1-2H3,(H,13,14). The van der Waals surface area contributed by atoms with E-state index in [1.54, 1.807) is 18.3 Å². The second-order valence-corrected chi connectivity index (χ2v) is 3.08. The van der Waals surface area contributed by atoms with Crippen LogP contribution in [-0.4, -0.2) is 24.6 Å². The molecular weight excluding hydrogens is 176 g/mol. The molecule has 1 rings (SSSR count). The third-order valence-electron chi connectivity index (χ3n) is 2.00. The van der Waals surface area contributed by atoms with Gasteiger partial charge in [-0.3, -0.25) is 0 Å². The highest BCUT2D eigenvalue weighted by atomic mass is 15.0. The summed E-state index contributed by atoms with van der Waals surface area (Å²) in [6, 6.07) is 5.95. The molecule has 0 amide bonds. The molecule has 0 aliphatic carbocycles. The normalized spacial score (nSPS) is 11.8. The number of likely N-dealkylation sites (N-methyl/N-ethyl adjacent to an activating group) is 1. The lowest BCUT2D eigenvalue weighted by molar-refractivity contribution is 0.637. The van der Waals surface area contributed by atoms with Crippen molar-refractivity contribution in [3.05, 3.63) is 23.9 Å². The molecule has 0 aromatic carbocycles. The predicted molar refractivity (Wildman–Crippen MR) is 56.0 cm³/mol. The Kier molecular flexibility index (Phi) is 3.89. The molecule has 0 saturated carbocycles. The minimum atomic E-state index is 0.351. The van der Waals surface area contributed by atoms with E-state index in [4.69, 9.17) is 5.26 Å². The molecule has 14 heavy (non-hydrogen) atoms. The first-order valence-electron chi connectivity index (χ1n) is 4.54. The molecule has 0 aliphatic rings. The fraction of sp³-hybridized carbons (Fsp3) is 0.400. The number of hydrogen-bond acceptors (Lipinski definition) is 4. The van der Waals surface area contributed by atoms with Crippen molar-refractivity contribution in [1.82, 2.24) is 10.3 Å². The minimum Gasteiger partial charge on any atom is -0.367 e. The third kappa shape index (κ3) is 2.71. The van der Waals surface area contributed by atoms with E-state index in [1.807, 2.05) is 7.05 Å². The Morgan fingerprint density at radius 1 is 1.64 bits per heavy atom. The van der Waals surface area contributed by atoms with Gasteiger partial charge >= 0.3 is 0 Å². The van der Waals surface area contributed by atoms with Crippen LogP contribution in [0.1, 0.15) is 12.5 Å². The number of rotatable bonds is 4. The van der Waals surface area contributed by atoms with Crippen molar-refractivity contribution in [1.29, 1.82) is 5.26 Å². The van der Waals surface area contributed by atoms with Crippen molar-refractivity contribution >= 4 is 5.82 Å². The summed E-state index contributed by atoms with van der Waals surface area (Å²) < 4.78 is 0.